The molecule has 4 aliphatic carbocycles. The number of rotatable bonds is 8. The molecule has 1 N–H and O–H groups in total. The topological polar surface area (TPSA) is 80.7 Å². The number of allylic oxidation sites excluding steroid dienone is 5. The normalized spacial score (nSPS) is 33.2. The van der Waals surface area contributed by atoms with Gasteiger partial charge in [-0.2, -0.15) is 0 Å². The molecule has 0 spiro atoms. The molecule has 0 aromatic rings. The van der Waals surface area contributed by atoms with Crippen LogP contribution in [0.25, 0.3) is 0 Å². The number of ether oxygens (including phenoxy) is 1. The van der Waals surface area contributed by atoms with Gasteiger partial charge in [0.1, 0.15) is 11.7 Å². The number of aliphatic hydroxyl groups excluding tert-OH is 1. The van der Waals surface area contributed by atoms with Crippen molar-refractivity contribution in [2.24, 2.45) is 28.6 Å². The average Bonchev–Trinajstić information content (AvgIpc) is 3.16. The zero-order valence-corrected chi connectivity index (χ0v) is 23.5. The number of fused-ring (bicyclic) bond motifs is 2. The Morgan fingerprint density at radius 3 is 2.43 bits per heavy atom. The predicted octanol–water partition coefficient (Wildman–Crippen LogP) is 7.13. The first-order valence-corrected chi connectivity index (χ1v) is 14.1. The molecule has 1 unspecified atom stereocenters. The Morgan fingerprint density at radius 1 is 1.16 bits per heavy atom. The first-order chi connectivity index (χ1) is 17.3. The minimum Gasteiger partial charge on any atom is -0.504 e. The standard InChI is InChI=1S/C32H44O5/c1-8-9-10-11-22-26(30(36)37-24-17-20-14-15-32(24,7)31(20,5)6)28(34)25(29(35)27(22)33)23-16-19(4)12-13-21(23)18(2)3/h16,20-21,23-24,35H,2,8-15,17H2,1,3-7H3/t20-,21-,23+,24?,32-/m0/s1. The van der Waals surface area contributed by atoms with Crippen LogP contribution in [0, 0.1) is 28.6 Å². The summed E-state index contributed by atoms with van der Waals surface area (Å²) in [6.07, 6.45) is 8.96. The van der Waals surface area contributed by atoms with Crippen LogP contribution in [0.15, 0.2) is 46.3 Å². The molecule has 202 valence electrons. The van der Waals surface area contributed by atoms with E-state index in [1.54, 1.807) is 0 Å². The molecule has 5 atom stereocenters. The molecule has 5 heteroatoms. The second-order valence-corrected chi connectivity index (χ2v) is 12.8. The maximum Gasteiger partial charge on any atom is 0.342 e. The third kappa shape index (κ3) is 4.46. The van der Waals surface area contributed by atoms with Crippen LogP contribution in [0.5, 0.6) is 0 Å². The van der Waals surface area contributed by atoms with E-state index in [9.17, 15) is 19.5 Å². The first kappa shape index (κ1) is 27.6. The lowest BCUT2D eigenvalue weighted by Crippen LogP contribution is -2.40. The van der Waals surface area contributed by atoms with E-state index in [4.69, 9.17) is 4.74 Å². The Bertz CT molecular complexity index is 1120. The maximum absolute atomic E-state index is 14.1. The van der Waals surface area contributed by atoms with Crippen molar-refractivity contribution in [2.75, 3.05) is 0 Å². The van der Waals surface area contributed by atoms with Crippen LogP contribution in [0.1, 0.15) is 99.3 Å². The van der Waals surface area contributed by atoms with Crippen LogP contribution in [-0.2, 0) is 19.1 Å². The van der Waals surface area contributed by atoms with Crippen molar-refractivity contribution in [2.45, 2.75) is 105 Å². The van der Waals surface area contributed by atoms with Gasteiger partial charge in [0.25, 0.3) is 0 Å². The van der Waals surface area contributed by atoms with E-state index < -0.39 is 29.2 Å². The summed E-state index contributed by atoms with van der Waals surface area (Å²) in [5.41, 5.74) is 1.87. The van der Waals surface area contributed by atoms with E-state index in [0.29, 0.717) is 12.3 Å². The Morgan fingerprint density at radius 2 is 1.86 bits per heavy atom. The van der Waals surface area contributed by atoms with Crippen molar-refractivity contribution in [1.82, 2.24) is 0 Å². The van der Waals surface area contributed by atoms with Gasteiger partial charge < -0.3 is 9.84 Å². The highest BCUT2D eigenvalue weighted by Crippen LogP contribution is 2.66. The average molecular weight is 509 g/mol. The number of unbranched alkanes of at least 4 members (excludes halogenated alkanes) is 2. The molecule has 5 nitrogen and oxygen atoms in total. The summed E-state index contributed by atoms with van der Waals surface area (Å²) in [6, 6.07) is 0. The molecule has 4 rings (SSSR count). The molecule has 0 radical (unpaired) electrons. The molecule has 4 aliphatic rings. The fraction of sp³-hybridized carbons (Fsp3) is 0.656. The van der Waals surface area contributed by atoms with E-state index in [1.165, 1.54) is 0 Å². The third-order valence-corrected chi connectivity index (χ3v) is 10.4. The zero-order chi connectivity index (χ0) is 27.3. The molecule has 2 saturated carbocycles. The lowest BCUT2D eigenvalue weighted by Gasteiger charge is -2.38. The van der Waals surface area contributed by atoms with Crippen LogP contribution >= 0.6 is 0 Å². The molecule has 0 aromatic carbocycles. The lowest BCUT2D eigenvalue weighted by molar-refractivity contribution is -0.153. The Hall–Kier alpha value is -2.43. The van der Waals surface area contributed by atoms with Crippen LogP contribution in [-0.4, -0.2) is 28.7 Å². The summed E-state index contributed by atoms with van der Waals surface area (Å²) >= 11 is 0. The summed E-state index contributed by atoms with van der Waals surface area (Å²) in [7, 11) is 0. The van der Waals surface area contributed by atoms with Gasteiger partial charge in [0, 0.05) is 16.9 Å². The van der Waals surface area contributed by atoms with E-state index >= 15 is 0 Å². The first-order valence-electron chi connectivity index (χ1n) is 14.1. The van der Waals surface area contributed by atoms with Gasteiger partial charge in [0.05, 0.1) is 5.57 Å². The third-order valence-electron chi connectivity index (χ3n) is 10.4. The SMILES string of the molecule is C=C(C)[C@@H]1CCC(C)=C[C@H]1C1=C(O)C(=O)C(CCCCC)=C(C(=O)OC2C[C@@H]3CC[C@]2(C)C3(C)C)C1=O. The minimum atomic E-state index is -0.701. The quantitative estimate of drug-likeness (QED) is 0.124. The maximum atomic E-state index is 14.1. The number of hydrogen-bond acceptors (Lipinski definition) is 5. The molecule has 0 heterocycles. The van der Waals surface area contributed by atoms with Gasteiger partial charge in [0.15, 0.2) is 5.76 Å². The van der Waals surface area contributed by atoms with Crippen LogP contribution in [0.3, 0.4) is 0 Å². The van der Waals surface area contributed by atoms with Crippen molar-refractivity contribution in [3.8, 4) is 0 Å². The van der Waals surface area contributed by atoms with Gasteiger partial charge in [-0.1, -0.05) is 64.3 Å². The van der Waals surface area contributed by atoms with Gasteiger partial charge >= 0.3 is 5.97 Å². The highest BCUT2D eigenvalue weighted by atomic mass is 16.5. The highest BCUT2D eigenvalue weighted by Gasteiger charge is 2.63. The molecule has 2 fully saturated rings. The fourth-order valence-electron chi connectivity index (χ4n) is 7.48. The van der Waals surface area contributed by atoms with Gasteiger partial charge in [-0.25, -0.2) is 4.79 Å². The van der Waals surface area contributed by atoms with Gasteiger partial charge in [-0.05, 0) is 76.0 Å². The number of esters is 1. The number of aliphatic hydroxyl groups is 1. The monoisotopic (exact) mass is 508 g/mol. The molecule has 2 bridgehead atoms. The molecule has 37 heavy (non-hydrogen) atoms. The van der Waals surface area contributed by atoms with E-state index in [-0.39, 0.29) is 46.0 Å². The summed E-state index contributed by atoms with van der Waals surface area (Å²) in [4.78, 5) is 41.5. The van der Waals surface area contributed by atoms with Crippen molar-refractivity contribution in [3.63, 3.8) is 0 Å². The number of carbonyl (C=O) groups is 3. The van der Waals surface area contributed by atoms with Crippen molar-refractivity contribution in [1.29, 1.82) is 0 Å². The number of ketones is 2. The van der Waals surface area contributed by atoms with Crippen molar-refractivity contribution >= 4 is 17.5 Å². The second-order valence-electron chi connectivity index (χ2n) is 12.8. The Labute approximate surface area is 222 Å². The van der Waals surface area contributed by atoms with E-state index in [0.717, 1.165) is 56.1 Å². The predicted molar refractivity (Wildman–Crippen MR) is 145 cm³/mol. The lowest BCUT2D eigenvalue weighted by atomic mass is 9.69. The minimum absolute atomic E-state index is 0.0303. The van der Waals surface area contributed by atoms with Crippen molar-refractivity contribution in [3.05, 3.63) is 46.3 Å². The zero-order valence-electron chi connectivity index (χ0n) is 23.5. The summed E-state index contributed by atoms with van der Waals surface area (Å²) < 4.78 is 6.14. The molecule has 0 amide bonds. The van der Waals surface area contributed by atoms with Gasteiger partial charge in [0.2, 0.25) is 11.6 Å². The van der Waals surface area contributed by atoms with Crippen molar-refractivity contribution < 1.29 is 24.2 Å². The van der Waals surface area contributed by atoms with E-state index in [2.05, 4.69) is 34.3 Å². The smallest absolute Gasteiger partial charge is 0.342 e. The Balaban J connectivity index is 1.72. The number of hydrogen-bond donors (Lipinski definition) is 1. The number of carbonyl (C=O) groups excluding carboxylic acids is 3. The summed E-state index contributed by atoms with van der Waals surface area (Å²) in [5, 5.41) is 11.1. The molecule has 0 aromatic heterocycles. The molecule has 0 aliphatic heterocycles. The fourth-order valence-corrected chi connectivity index (χ4v) is 7.48. The van der Waals surface area contributed by atoms with Gasteiger partial charge in [-0.15, -0.1) is 0 Å². The van der Waals surface area contributed by atoms with Crippen LogP contribution < -0.4 is 0 Å². The van der Waals surface area contributed by atoms with Crippen LogP contribution in [0.4, 0.5) is 0 Å². The summed E-state index contributed by atoms with van der Waals surface area (Å²) in [5.74, 6) is -2.46. The number of Topliss-reactive ketones (excluding diaryl/α,β-unsaturated/α-hetero) is 2. The summed E-state index contributed by atoms with van der Waals surface area (Å²) in [6.45, 7) is 16.8. The Kier molecular flexibility index (Phi) is 7.49. The highest BCUT2D eigenvalue weighted by molar-refractivity contribution is 6.34. The van der Waals surface area contributed by atoms with E-state index in [1.807, 2.05) is 19.9 Å². The molecular formula is C32H44O5. The molecule has 0 saturated heterocycles. The van der Waals surface area contributed by atoms with Crippen LogP contribution in [0.2, 0.25) is 0 Å². The van der Waals surface area contributed by atoms with Gasteiger partial charge in [-0.3, -0.25) is 9.59 Å². The second kappa shape index (κ2) is 10.0. The molecular weight excluding hydrogens is 464 g/mol. The largest absolute Gasteiger partial charge is 0.504 e.